The van der Waals surface area contributed by atoms with Crippen molar-refractivity contribution in [3.05, 3.63) is 57.7 Å². The summed E-state index contributed by atoms with van der Waals surface area (Å²) in [6.45, 7) is 0. The van der Waals surface area contributed by atoms with Gasteiger partial charge < -0.3 is 0 Å². The van der Waals surface area contributed by atoms with Gasteiger partial charge >= 0.3 is 6.18 Å². The minimum Gasteiger partial charge on any atom is -0.279 e. The molecule has 8 heteroatoms. The third-order valence-corrected chi connectivity index (χ3v) is 4.89. The number of benzene rings is 2. The minimum atomic E-state index is -4.59. The molecule has 1 N–H and O–H groups in total. The summed E-state index contributed by atoms with van der Waals surface area (Å²) >= 11 is 1.93. The summed E-state index contributed by atoms with van der Waals surface area (Å²) in [7, 11) is -4.07. The molecule has 0 radical (unpaired) electrons. The molecule has 0 fully saturated rings. The SMILES string of the molecule is O=S(=O)(Nc1ccccc1I)c1cccc(C(F)(F)F)c1. The van der Waals surface area contributed by atoms with Crippen LogP contribution in [0.5, 0.6) is 0 Å². The number of hydrogen-bond donors (Lipinski definition) is 1. The standard InChI is InChI=1S/C13H9F3INO2S/c14-13(15,16)9-4-3-5-10(8-9)21(19,20)18-12-7-2-1-6-11(12)17/h1-8,18H. The summed E-state index contributed by atoms with van der Waals surface area (Å²) in [5.74, 6) is 0. The highest BCUT2D eigenvalue weighted by Crippen LogP contribution is 2.31. The highest BCUT2D eigenvalue weighted by molar-refractivity contribution is 14.1. The van der Waals surface area contributed by atoms with Crippen LogP contribution in [0.3, 0.4) is 0 Å². The maximum absolute atomic E-state index is 12.6. The van der Waals surface area contributed by atoms with Crippen molar-refractivity contribution in [2.24, 2.45) is 0 Å². The van der Waals surface area contributed by atoms with Gasteiger partial charge in [-0.2, -0.15) is 13.2 Å². The second-order valence-electron chi connectivity index (χ2n) is 4.11. The van der Waals surface area contributed by atoms with Crippen LogP contribution in [0, 0.1) is 3.57 Å². The summed E-state index contributed by atoms with van der Waals surface area (Å²) in [6, 6.07) is 10.2. The van der Waals surface area contributed by atoms with Crippen LogP contribution in [0.2, 0.25) is 0 Å². The molecule has 21 heavy (non-hydrogen) atoms. The highest BCUT2D eigenvalue weighted by atomic mass is 127. The molecule has 0 bridgehead atoms. The van der Waals surface area contributed by atoms with Crippen molar-refractivity contribution in [3.8, 4) is 0 Å². The Morgan fingerprint density at radius 1 is 1.00 bits per heavy atom. The Kier molecular flexibility index (Phi) is 4.47. The molecule has 0 saturated heterocycles. The Morgan fingerprint density at radius 2 is 1.67 bits per heavy atom. The van der Waals surface area contributed by atoms with Gasteiger partial charge in [-0.3, -0.25) is 4.72 Å². The van der Waals surface area contributed by atoms with E-state index in [4.69, 9.17) is 0 Å². The van der Waals surface area contributed by atoms with E-state index in [1.54, 1.807) is 18.2 Å². The summed E-state index contributed by atoms with van der Waals surface area (Å²) < 4.78 is 65.1. The average molecular weight is 427 g/mol. The quantitative estimate of drug-likeness (QED) is 0.750. The molecule has 0 aromatic heterocycles. The number of hydrogen-bond acceptors (Lipinski definition) is 2. The van der Waals surface area contributed by atoms with E-state index in [1.165, 1.54) is 6.07 Å². The van der Waals surface area contributed by atoms with E-state index >= 15 is 0 Å². The molecule has 2 aromatic carbocycles. The smallest absolute Gasteiger partial charge is 0.279 e. The van der Waals surface area contributed by atoms with Gasteiger partial charge in [-0.15, -0.1) is 0 Å². The Labute approximate surface area is 133 Å². The summed E-state index contributed by atoms with van der Waals surface area (Å²) in [4.78, 5) is -0.433. The van der Waals surface area contributed by atoms with Crippen molar-refractivity contribution >= 4 is 38.3 Å². The molecule has 2 rings (SSSR count). The molecule has 3 nitrogen and oxygen atoms in total. The summed E-state index contributed by atoms with van der Waals surface area (Å²) in [5, 5.41) is 0. The lowest BCUT2D eigenvalue weighted by Gasteiger charge is -2.12. The Morgan fingerprint density at radius 3 is 2.29 bits per heavy atom. The Balaban J connectivity index is 2.39. The van der Waals surface area contributed by atoms with Gasteiger partial charge in [0.2, 0.25) is 0 Å². The Bertz CT molecular complexity index is 760. The summed E-state index contributed by atoms with van der Waals surface area (Å²) in [6.07, 6.45) is -4.59. The fourth-order valence-electron chi connectivity index (χ4n) is 1.59. The van der Waals surface area contributed by atoms with Gasteiger partial charge in [0.25, 0.3) is 10.0 Å². The average Bonchev–Trinajstić information content (AvgIpc) is 2.40. The highest BCUT2D eigenvalue weighted by Gasteiger charge is 2.31. The number of halogens is 4. The van der Waals surface area contributed by atoms with Gasteiger partial charge in [-0.1, -0.05) is 18.2 Å². The minimum absolute atomic E-state index is 0.315. The molecule has 112 valence electrons. The normalized spacial score (nSPS) is 12.2. The second-order valence-corrected chi connectivity index (χ2v) is 6.96. The zero-order valence-corrected chi connectivity index (χ0v) is 13.3. The maximum atomic E-state index is 12.6. The number of anilines is 1. The first-order valence-electron chi connectivity index (χ1n) is 5.65. The molecule has 0 atom stereocenters. The Hall–Kier alpha value is -1.29. The van der Waals surface area contributed by atoms with E-state index < -0.39 is 26.7 Å². The van der Waals surface area contributed by atoms with Crippen LogP contribution < -0.4 is 4.72 Å². The van der Waals surface area contributed by atoms with Crippen molar-refractivity contribution in [1.82, 2.24) is 0 Å². The van der Waals surface area contributed by atoms with E-state index in [0.29, 0.717) is 15.3 Å². The van der Waals surface area contributed by atoms with Gasteiger partial charge in [0.1, 0.15) is 0 Å². The van der Waals surface area contributed by atoms with Crippen LogP contribution in [0.15, 0.2) is 53.4 Å². The van der Waals surface area contributed by atoms with Gasteiger partial charge in [0, 0.05) is 3.57 Å². The number of para-hydroxylation sites is 1. The predicted molar refractivity (Wildman–Crippen MR) is 81.4 cm³/mol. The van der Waals surface area contributed by atoms with E-state index in [0.717, 1.165) is 18.2 Å². The first-order chi connectivity index (χ1) is 9.70. The zero-order chi connectivity index (χ0) is 15.7. The van der Waals surface area contributed by atoms with Crippen LogP contribution in [-0.2, 0) is 16.2 Å². The van der Waals surface area contributed by atoms with Crippen molar-refractivity contribution < 1.29 is 21.6 Å². The fraction of sp³-hybridized carbons (Fsp3) is 0.0769. The molecule has 0 spiro atoms. The molecular weight excluding hydrogens is 418 g/mol. The van der Waals surface area contributed by atoms with Gasteiger partial charge in [-0.05, 0) is 52.9 Å². The largest absolute Gasteiger partial charge is 0.416 e. The van der Waals surface area contributed by atoms with E-state index in [-0.39, 0.29) is 0 Å². The molecule has 0 aliphatic carbocycles. The molecule has 0 amide bonds. The zero-order valence-electron chi connectivity index (χ0n) is 10.4. The van der Waals surface area contributed by atoms with Crippen LogP contribution in [0.1, 0.15) is 5.56 Å². The van der Waals surface area contributed by atoms with Crippen molar-refractivity contribution in [2.45, 2.75) is 11.1 Å². The lowest BCUT2D eigenvalue weighted by atomic mass is 10.2. The number of alkyl halides is 3. The third kappa shape index (κ3) is 3.88. The van der Waals surface area contributed by atoms with Crippen molar-refractivity contribution in [1.29, 1.82) is 0 Å². The molecule has 0 heterocycles. The summed E-state index contributed by atoms with van der Waals surface area (Å²) in [5.41, 5.74) is -0.691. The molecule has 0 aliphatic heterocycles. The van der Waals surface area contributed by atoms with Crippen LogP contribution >= 0.6 is 22.6 Å². The van der Waals surface area contributed by atoms with Crippen LogP contribution in [-0.4, -0.2) is 8.42 Å². The van der Waals surface area contributed by atoms with E-state index in [1.807, 2.05) is 22.6 Å². The number of nitrogens with one attached hydrogen (secondary N) is 1. The first-order valence-corrected chi connectivity index (χ1v) is 8.21. The van der Waals surface area contributed by atoms with E-state index in [2.05, 4.69) is 4.72 Å². The molecular formula is C13H9F3INO2S. The topological polar surface area (TPSA) is 46.2 Å². The van der Waals surface area contributed by atoms with Crippen molar-refractivity contribution in [3.63, 3.8) is 0 Å². The maximum Gasteiger partial charge on any atom is 0.416 e. The second kappa shape index (κ2) is 5.84. The number of rotatable bonds is 3. The molecule has 2 aromatic rings. The third-order valence-electron chi connectivity index (χ3n) is 2.59. The van der Waals surface area contributed by atoms with Crippen LogP contribution in [0.4, 0.5) is 18.9 Å². The monoisotopic (exact) mass is 427 g/mol. The fourth-order valence-corrected chi connectivity index (χ4v) is 3.42. The molecule has 0 saturated carbocycles. The van der Waals surface area contributed by atoms with Gasteiger partial charge in [0.05, 0.1) is 16.1 Å². The van der Waals surface area contributed by atoms with Crippen molar-refractivity contribution in [2.75, 3.05) is 4.72 Å². The number of sulfonamides is 1. The van der Waals surface area contributed by atoms with Gasteiger partial charge in [0.15, 0.2) is 0 Å². The van der Waals surface area contributed by atoms with E-state index in [9.17, 15) is 21.6 Å². The van der Waals surface area contributed by atoms with Gasteiger partial charge in [-0.25, -0.2) is 8.42 Å². The first kappa shape index (κ1) is 16.1. The van der Waals surface area contributed by atoms with Crippen LogP contribution in [0.25, 0.3) is 0 Å². The molecule has 0 unspecified atom stereocenters. The lowest BCUT2D eigenvalue weighted by molar-refractivity contribution is -0.137. The lowest BCUT2D eigenvalue weighted by Crippen LogP contribution is -2.15. The predicted octanol–water partition coefficient (Wildman–Crippen LogP) is 4.11. The molecule has 0 aliphatic rings.